The molecule has 20 heavy (non-hydrogen) atoms. The summed E-state index contributed by atoms with van der Waals surface area (Å²) in [5.41, 5.74) is 1.35. The molecule has 0 bridgehead atoms. The van der Waals surface area contributed by atoms with Gasteiger partial charge in [0.15, 0.2) is 0 Å². The molecule has 0 saturated carbocycles. The molecule has 1 aromatic rings. The molecule has 1 heterocycles. The lowest BCUT2D eigenvalue weighted by Crippen LogP contribution is -2.57. The minimum Gasteiger partial charge on any atom is -0.315 e. The topological polar surface area (TPSA) is 15.3 Å². The van der Waals surface area contributed by atoms with E-state index in [9.17, 15) is 0 Å². The number of hydrogen-bond acceptors (Lipinski definition) is 2. The van der Waals surface area contributed by atoms with E-state index in [2.05, 4.69) is 59.2 Å². The maximum atomic E-state index is 6.37. The van der Waals surface area contributed by atoms with Gasteiger partial charge in [0.25, 0.3) is 0 Å². The number of halogens is 2. The van der Waals surface area contributed by atoms with Gasteiger partial charge in [0, 0.05) is 21.1 Å². The average Bonchev–Trinajstić information content (AvgIpc) is 2.92. The van der Waals surface area contributed by atoms with Crippen molar-refractivity contribution in [2.75, 3.05) is 20.1 Å². The molecule has 1 aliphatic rings. The van der Waals surface area contributed by atoms with Crippen LogP contribution < -0.4 is 5.32 Å². The summed E-state index contributed by atoms with van der Waals surface area (Å²) in [7, 11) is 2.05. The largest absolute Gasteiger partial charge is 0.315 e. The van der Waals surface area contributed by atoms with Crippen LogP contribution in [0, 0.1) is 0 Å². The number of benzene rings is 1. The second-order valence-corrected chi connectivity index (χ2v) is 7.45. The van der Waals surface area contributed by atoms with Crippen molar-refractivity contribution in [3.8, 4) is 0 Å². The predicted octanol–water partition coefficient (Wildman–Crippen LogP) is 4.11. The molecule has 0 aliphatic carbocycles. The van der Waals surface area contributed by atoms with Crippen molar-refractivity contribution in [3.63, 3.8) is 0 Å². The normalized spacial score (nSPS) is 18.4. The van der Waals surface area contributed by atoms with E-state index in [0.29, 0.717) is 6.04 Å². The van der Waals surface area contributed by atoms with Crippen molar-refractivity contribution in [1.82, 2.24) is 10.2 Å². The maximum absolute atomic E-state index is 6.37. The zero-order chi connectivity index (χ0) is 14.8. The van der Waals surface area contributed by atoms with E-state index in [4.69, 9.17) is 11.6 Å². The van der Waals surface area contributed by atoms with E-state index >= 15 is 0 Å². The lowest BCUT2D eigenvalue weighted by molar-refractivity contribution is 0.110. The zero-order valence-corrected chi connectivity index (χ0v) is 14.9. The lowest BCUT2D eigenvalue weighted by atomic mass is 9.87. The van der Waals surface area contributed by atoms with Gasteiger partial charge in [-0.15, -0.1) is 0 Å². The van der Waals surface area contributed by atoms with Crippen LogP contribution in [-0.4, -0.2) is 36.6 Å². The van der Waals surface area contributed by atoms with E-state index in [1.54, 1.807) is 0 Å². The van der Waals surface area contributed by atoms with E-state index in [1.807, 2.05) is 6.07 Å². The smallest absolute Gasteiger partial charge is 0.0449 e. The van der Waals surface area contributed by atoms with Crippen molar-refractivity contribution in [2.45, 2.75) is 44.7 Å². The van der Waals surface area contributed by atoms with Crippen LogP contribution in [0.2, 0.25) is 5.02 Å². The highest BCUT2D eigenvalue weighted by Crippen LogP contribution is 2.29. The van der Waals surface area contributed by atoms with Crippen LogP contribution in [-0.2, 0) is 6.42 Å². The average molecular weight is 360 g/mol. The van der Waals surface area contributed by atoms with Gasteiger partial charge in [-0.1, -0.05) is 33.6 Å². The molecule has 1 fully saturated rings. The molecular formula is C16H24BrClN2. The summed E-state index contributed by atoms with van der Waals surface area (Å²) in [6.07, 6.45) is 3.59. The summed E-state index contributed by atoms with van der Waals surface area (Å²) >= 11 is 9.83. The van der Waals surface area contributed by atoms with Crippen LogP contribution in [0.1, 0.15) is 32.3 Å². The summed E-state index contributed by atoms with van der Waals surface area (Å²) in [6.45, 7) is 7.09. The number of hydrogen-bond donors (Lipinski definition) is 1. The van der Waals surface area contributed by atoms with Crippen LogP contribution in [0.3, 0.4) is 0 Å². The Kier molecular flexibility index (Phi) is 5.52. The van der Waals surface area contributed by atoms with E-state index in [0.717, 1.165) is 15.9 Å². The standard InChI is InChI=1S/C16H24BrClN2/c1-16(2,20-8-4-5-9-20)15(19-3)10-12-6-7-13(17)11-14(12)18/h6-7,11,15,19H,4-5,8-10H2,1-3H3. The first kappa shape index (κ1) is 16.3. The van der Waals surface area contributed by atoms with Crippen LogP contribution in [0.25, 0.3) is 0 Å². The van der Waals surface area contributed by atoms with E-state index in [-0.39, 0.29) is 5.54 Å². The Labute approximate surface area is 136 Å². The van der Waals surface area contributed by atoms with Crippen molar-refractivity contribution in [3.05, 3.63) is 33.3 Å². The molecule has 0 spiro atoms. The van der Waals surface area contributed by atoms with Crippen LogP contribution in [0.15, 0.2) is 22.7 Å². The van der Waals surface area contributed by atoms with Crippen molar-refractivity contribution < 1.29 is 0 Å². The Morgan fingerprint density at radius 3 is 2.55 bits per heavy atom. The first-order chi connectivity index (χ1) is 9.45. The second-order valence-electron chi connectivity index (χ2n) is 6.13. The third kappa shape index (κ3) is 3.56. The molecular weight excluding hydrogens is 336 g/mol. The summed E-state index contributed by atoms with van der Waals surface area (Å²) < 4.78 is 1.03. The molecule has 2 nitrogen and oxygen atoms in total. The Bertz CT molecular complexity index is 456. The SMILES string of the molecule is CNC(Cc1ccc(Br)cc1Cl)C(C)(C)N1CCCC1. The van der Waals surface area contributed by atoms with E-state index < -0.39 is 0 Å². The van der Waals surface area contributed by atoms with Gasteiger partial charge in [0.1, 0.15) is 0 Å². The first-order valence-corrected chi connectivity index (χ1v) is 8.48. The van der Waals surface area contributed by atoms with Gasteiger partial charge in [0.2, 0.25) is 0 Å². The molecule has 0 aromatic heterocycles. The fraction of sp³-hybridized carbons (Fsp3) is 0.625. The molecule has 0 radical (unpaired) electrons. The van der Waals surface area contributed by atoms with Gasteiger partial charge in [-0.05, 0) is 70.9 Å². The van der Waals surface area contributed by atoms with Crippen molar-refractivity contribution >= 4 is 27.5 Å². The minimum atomic E-state index is 0.141. The number of likely N-dealkylation sites (tertiary alicyclic amines) is 1. The van der Waals surface area contributed by atoms with Crippen LogP contribution >= 0.6 is 27.5 Å². The molecule has 1 aromatic carbocycles. The molecule has 4 heteroatoms. The molecule has 1 N–H and O–H groups in total. The maximum Gasteiger partial charge on any atom is 0.0449 e. The quantitative estimate of drug-likeness (QED) is 0.851. The lowest BCUT2D eigenvalue weighted by Gasteiger charge is -2.42. The Balaban J connectivity index is 2.15. The molecule has 1 aliphatic heterocycles. The summed E-state index contributed by atoms with van der Waals surface area (Å²) in [5.74, 6) is 0. The van der Waals surface area contributed by atoms with Gasteiger partial charge < -0.3 is 5.32 Å². The minimum absolute atomic E-state index is 0.141. The van der Waals surface area contributed by atoms with Gasteiger partial charge >= 0.3 is 0 Å². The van der Waals surface area contributed by atoms with Gasteiger partial charge in [-0.2, -0.15) is 0 Å². The van der Waals surface area contributed by atoms with Crippen molar-refractivity contribution in [2.24, 2.45) is 0 Å². The Hall–Kier alpha value is -0.0900. The number of likely N-dealkylation sites (N-methyl/N-ethyl adjacent to an activating group) is 1. The van der Waals surface area contributed by atoms with Crippen molar-refractivity contribution in [1.29, 1.82) is 0 Å². The molecule has 1 saturated heterocycles. The summed E-state index contributed by atoms with van der Waals surface area (Å²) in [6, 6.07) is 6.55. The van der Waals surface area contributed by atoms with Gasteiger partial charge in [0.05, 0.1) is 0 Å². The number of rotatable bonds is 5. The highest BCUT2D eigenvalue weighted by Gasteiger charge is 2.36. The Morgan fingerprint density at radius 1 is 1.35 bits per heavy atom. The predicted molar refractivity (Wildman–Crippen MR) is 90.6 cm³/mol. The third-order valence-corrected chi connectivity index (χ3v) is 5.41. The fourth-order valence-corrected chi connectivity index (χ4v) is 3.88. The monoisotopic (exact) mass is 358 g/mol. The summed E-state index contributed by atoms with van der Waals surface area (Å²) in [5, 5.41) is 4.34. The fourth-order valence-electron chi connectivity index (χ4n) is 3.13. The molecule has 1 atom stereocenters. The van der Waals surface area contributed by atoms with Crippen LogP contribution in [0.5, 0.6) is 0 Å². The summed E-state index contributed by atoms with van der Waals surface area (Å²) in [4.78, 5) is 2.60. The molecule has 2 rings (SSSR count). The number of nitrogens with zero attached hydrogens (tertiary/aromatic N) is 1. The highest BCUT2D eigenvalue weighted by molar-refractivity contribution is 9.10. The first-order valence-electron chi connectivity index (χ1n) is 7.31. The highest BCUT2D eigenvalue weighted by atomic mass is 79.9. The third-order valence-electron chi connectivity index (χ3n) is 4.56. The molecule has 112 valence electrons. The van der Waals surface area contributed by atoms with Gasteiger partial charge in [-0.3, -0.25) is 4.90 Å². The van der Waals surface area contributed by atoms with E-state index in [1.165, 1.54) is 31.5 Å². The molecule has 0 amide bonds. The Morgan fingerprint density at radius 2 is 2.00 bits per heavy atom. The zero-order valence-electron chi connectivity index (χ0n) is 12.5. The number of nitrogens with one attached hydrogen (secondary N) is 1. The molecule has 1 unspecified atom stereocenters. The second kappa shape index (κ2) is 6.78. The van der Waals surface area contributed by atoms with Crippen LogP contribution in [0.4, 0.5) is 0 Å². The van der Waals surface area contributed by atoms with Gasteiger partial charge in [-0.25, -0.2) is 0 Å².